The summed E-state index contributed by atoms with van der Waals surface area (Å²) in [5, 5.41) is 0. The van der Waals surface area contributed by atoms with Crippen LogP contribution in [0.15, 0.2) is 22.7 Å². The van der Waals surface area contributed by atoms with E-state index in [1.54, 1.807) is 5.56 Å². The first-order chi connectivity index (χ1) is 6.70. The van der Waals surface area contributed by atoms with Crippen LogP contribution in [0.3, 0.4) is 0 Å². The van der Waals surface area contributed by atoms with Crippen molar-refractivity contribution >= 4 is 27.7 Å². The molecule has 0 aliphatic carbocycles. The van der Waals surface area contributed by atoms with Crippen molar-refractivity contribution in [2.24, 2.45) is 0 Å². The minimum atomic E-state index is 0.435. The average molecular weight is 270 g/mol. The highest BCUT2D eigenvalue weighted by Gasteiger charge is 2.47. The van der Waals surface area contributed by atoms with E-state index in [-0.39, 0.29) is 0 Å². The summed E-state index contributed by atoms with van der Waals surface area (Å²) in [6, 6.07) is 6.74. The second kappa shape index (κ2) is 3.00. The van der Waals surface area contributed by atoms with Gasteiger partial charge in [-0.3, -0.25) is 0 Å². The Morgan fingerprint density at radius 2 is 2.21 bits per heavy atom. The Bertz CT molecular complexity index is 385. The van der Waals surface area contributed by atoms with Crippen LogP contribution in [0.25, 0.3) is 0 Å². The molecule has 2 aliphatic rings. The monoisotopic (exact) mass is 269 g/mol. The van der Waals surface area contributed by atoms with Crippen molar-refractivity contribution in [1.29, 1.82) is 0 Å². The van der Waals surface area contributed by atoms with Gasteiger partial charge in [0.05, 0.1) is 4.75 Å². The predicted molar refractivity (Wildman–Crippen MR) is 64.6 cm³/mol. The molecule has 14 heavy (non-hydrogen) atoms. The minimum Gasteiger partial charge on any atom is -0.303 e. The van der Waals surface area contributed by atoms with E-state index in [1.165, 1.54) is 28.9 Å². The largest absolute Gasteiger partial charge is 0.303 e. The number of rotatable bonds is 0. The molecule has 0 radical (unpaired) electrons. The number of nitrogens with zero attached hydrogens (tertiary/aromatic N) is 1. The van der Waals surface area contributed by atoms with Gasteiger partial charge >= 0.3 is 0 Å². The molecule has 3 rings (SSSR count). The van der Waals surface area contributed by atoms with Crippen LogP contribution in [0.4, 0.5) is 0 Å². The van der Waals surface area contributed by atoms with Gasteiger partial charge in [-0.05, 0) is 30.3 Å². The Hall–Kier alpha value is 0.01000. The number of likely N-dealkylation sites (tertiary alicyclic amines) is 1. The van der Waals surface area contributed by atoms with Gasteiger partial charge < -0.3 is 4.90 Å². The van der Waals surface area contributed by atoms with Gasteiger partial charge in [-0.2, -0.15) is 0 Å². The number of thioether (sulfide) groups is 1. The first kappa shape index (κ1) is 9.25. The zero-order valence-electron chi connectivity index (χ0n) is 8.09. The highest BCUT2D eigenvalue weighted by Crippen LogP contribution is 2.52. The lowest BCUT2D eigenvalue weighted by atomic mass is 9.88. The molecule has 1 nitrogen and oxygen atoms in total. The smallest absolute Gasteiger partial charge is 0.0667 e. The Morgan fingerprint density at radius 1 is 1.43 bits per heavy atom. The van der Waals surface area contributed by atoms with Crippen molar-refractivity contribution in [1.82, 2.24) is 4.90 Å². The van der Waals surface area contributed by atoms with Gasteiger partial charge in [-0.1, -0.05) is 22.0 Å². The molecule has 0 aromatic heterocycles. The molecule has 0 saturated carbocycles. The van der Waals surface area contributed by atoms with E-state index in [2.05, 4.69) is 57.8 Å². The van der Waals surface area contributed by atoms with Gasteiger partial charge in [0.2, 0.25) is 0 Å². The topological polar surface area (TPSA) is 3.24 Å². The molecule has 1 aromatic rings. The fraction of sp³-hybridized carbons (Fsp3) is 0.455. The summed E-state index contributed by atoms with van der Waals surface area (Å²) in [5.74, 6) is 1.18. The molecule has 0 bridgehead atoms. The number of fused-ring (bicyclic) bond motifs is 2. The second-order valence-electron chi connectivity index (χ2n) is 4.26. The Morgan fingerprint density at radius 3 is 2.93 bits per heavy atom. The van der Waals surface area contributed by atoms with E-state index in [0.29, 0.717) is 4.75 Å². The van der Waals surface area contributed by atoms with Crippen LogP contribution in [0, 0.1) is 0 Å². The van der Waals surface area contributed by atoms with Crippen LogP contribution in [0.5, 0.6) is 0 Å². The van der Waals surface area contributed by atoms with Crippen LogP contribution in [0.1, 0.15) is 11.1 Å². The van der Waals surface area contributed by atoms with Crippen LogP contribution < -0.4 is 0 Å². The molecular weight excluding hydrogens is 258 g/mol. The van der Waals surface area contributed by atoms with Gasteiger partial charge in [0, 0.05) is 23.3 Å². The molecule has 1 fully saturated rings. The Kier molecular flexibility index (Phi) is 1.98. The number of halogens is 1. The van der Waals surface area contributed by atoms with Crippen LogP contribution >= 0.6 is 27.7 Å². The van der Waals surface area contributed by atoms with E-state index in [9.17, 15) is 0 Å². The van der Waals surface area contributed by atoms with Gasteiger partial charge in [-0.15, -0.1) is 11.8 Å². The van der Waals surface area contributed by atoms with Crippen molar-refractivity contribution < 1.29 is 0 Å². The number of benzene rings is 1. The number of likely N-dealkylation sites (N-methyl/N-ethyl adjacent to an activating group) is 1. The number of hydrogen-bond acceptors (Lipinski definition) is 2. The fourth-order valence-corrected chi connectivity index (χ4v) is 4.56. The molecule has 3 heteroatoms. The lowest BCUT2D eigenvalue weighted by Crippen LogP contribution is -2.54. The Labute approximate surface area is 97.0 Å². The van der Waals surface area contributed by atoms with Crippen molar-refractivity contribution in [3.63, 3.8) is 0 Å². The van der Waals surface area contributed by atoms with Gasteiger partial charge in [0.25, 0.3) is 0 Å². The van der Waals surface area contributed by atoms with E-state index < -0.39 is 0 Å². The zero-order chi connectivity index (χ0) is 9.76. The fourth-order valence-electron chi connectivity index (χ4n) is 2.51. The first-order valence-electron chi connectivity index (χ1n) is 4.81. The summed E-state index contributed by atoms with van der Waals surface area (Å²) >= 11 is 5.64. The van der Waals surface area contributed by atoms with Crippen LogP contribution in [0.2, 0.25) is 0 Å². The average Bonchev–Trinajstić information content (AvgIpc) is 2.44. The van der Waals surface area contributed by atoms with Crippen LogP contribution in [-0.4, -0.2) is 25.0 Å². The molecule has 2 heterocycles. The molecule has 1 saturated heterocycles. The lowest BCUT2D eigenvalue weighted by Gasteiger charge is -2.46. The predicted octanol–water partition coefficient (Wildman–Crippen LogP) is 2.84. The molecule has 2 aliphatic heterocycles. The van der Waals surface area contributed by atoms with Crippen molar-refractivity contribution in [2.75, 3.05) is 20.1 Å². The van der Waals surface area contributed by atoms with Crippen molar-refractivity contribution in [3.05, 3.63) is 33.8 Å². The highest BCUT2D eigenvalue weighted by molar-refractivity contribution is 9.10. The zero-order valence-corrected chi connectivity index (χ0v) is 10.5. The number of hydrogen-bond donors (Lipinski definition) is 0. The molecule has 1 aromatic carbocycles. The third-order valence-electron chi connectivity index (χ3n) is 3.11. The summed E-state index contributed by atoms with van der Waals surface area (Å²) in [6.45, 7) is 2.43. The van der Waals surface area contributed by atoms with Crippen molar-refractivity contribution in [3.8, 4) is 0 Å². The van der Waals surface area contributed by atoms with Gasteiger partial charge in [0.15, 0.2) is 0 Å². The third-order valence-corrected chi connectivity index (χ3v) is 5.09. The Balaban J connectivity index is 2.03. The maximum Gasteiger partial charge on any atom is 0.0667 e. The highest BCUT2D eigenvalue weighted by atomic mass is 79.9. The molecule has 0 atom stereocenters. The second-order valence-corrected chi connectivity index (χ2v) is 6.53. The van der Waals surface area contributed by atoms with E-state index in [0.717, 1.165) is 0 Å². The normalized spacial score (nSPS) is 23.6. The maximum atomic E-state index is 3.53. The summed E-state index contributed by atoms with van der Waals surface area (Å²) < 4.78 is 1.65. The summed E-state index contributed by atoms with van der Waals surface area (Å²) in [6.07, 6.45) is 0. The van der Waals surface area contributed by atoms with E-state index in [1.807, 2.05) is 0 Å². The summed E-state index contributed by atoms with van der Waals surface area (Å²) in [7, 11) is 2.20. The maximum absolute atomic E-state index is 3.53. The lowest BCUT2D eigenvalue weighted by molar-refractivity contribution is 0.166. The quantitative estimate of drug-likeness (QED) is 0.713. The first-order valence-corrected chi connectivity index (χ1v) is 6.59. The molecule has 0 unspecified atom stereocenters. The van der Waals surface area contributed by atoms with Gasteiger partial charge in [-0.25, -0.2) is 0 Å². The molecule has 0 amide bonds. The minimum absolute atomic E-state index is 0.435. The standard InChI is InChI=1S/C11H12BrNS/c1-13-6-11(7-13)10-3-2-9(12)4-8(10)5-14-11/h2-4H,5-7H2,1H3. The third kappa shape index (κ3) is 1.19. The summed E-state index contributed by atoms with van der Waals surface area (Å²) in [5.41, 5.74) is 3.10. The van der Waals surface area contributed by atoms with E-state index >= 15 is 0 Å². The SMILES string of the molecule is CN1CC2(C1)SCc1cc(Br)ccc12. The molecule has 74 valence electrons. The molecule has 0 N–H and O–H groups in total. The molecular formula is C11H12BrNS. The van der Waals surface area contributed by atoms with Crippen LogP contribution in [-0.2, 0) is 10.5 Å². The summed E-state index contributed by atoms with van der Waals surface area (Å²) in [4.78, 5) is 2.39. The van der Waals surface area contributed by atoms with E-state index in [4.69, 9.17) is 0 Å². The van der Waals surface area contributed by atoms with Crippen molar-refractivity contribution in [2.45, 2.75) is 10.5 Å². The van der Waals surface area contributed by atoms with Gasteiger partial charge in [0.1, 0.15) is 0 Å². The molecule has 1 spiro atoms.